The second-order valence-corrected chi connectivity index (χ2v) is 9.00. The lowest BCUT2D eigenvalue weighted by atomic mass is 9.49. The maximum Gasteiger partial charge on any atom is 0.228 e. The normalized spacial score (nSPS) is 36.7. The number of nitrogens with zero attached hydrogens (tertiary/aromatic N) is 2. The van der Waals surface area contributed by atoms with Crippen LogP contribution in [-0.4, -0.2) is 42.1 Å². The van der Waals surface area contributed by atoms with Crippen LogP contribution in [-0.2, 0) is 4.79 Å². The Bertz CT molecular complexity index is 643. The number of benzene rings is 1. The molecule has 1 aromatic carbocycles. The van der Waals surface area contributed by atoms with Crippen molar-refractivity contribution in [2.75, 3.05) is 31.1 Å². The average molecular weight is 340 g/mol. The van der Waals surface area contributed by atoms with E-state index in [1.54, 1.807) is 6.07 Å². The van der Waals surface area contributed by atoms with Gasteiger partial charge in [-0.05, 0) is 68.4 Å². The Balaban J connectivity index is 1.27. The first kappa shape index (κ1) is 15.5. The highest BCUT2D eigenvalue weighted by molar-refractivity contribution is 5.83. The summed E-state index contributed by atoms with van der Waals surface area (Å²) in [7, 11) is 0. The molecular weight excluding hydrogens is 312 g/mol. The monoisotopic (exact) mass is 340 g/mol. The highest BCUT2D eigenvalue weighted by Gasteiger charge is 2.55. The number of phenols is 1. The van der Waals surface area contributed by atoms with Crippen molar-refractivity contribution in [1.82, 2.24) is 4.90 Å². The molecule has 6 rings (SSSR count). The molecule has 1 aromatic rings. The summed E-state index contributed by atoms with van der Waals surface area (Å²) in [6.45, 7) is 3.36. The number of hydrogen-bond donors (Lipinski definition) is 1. The molecule has 4 aliphatic carbocycles. The highest BCUT2D eigenvalue weighted by atomic mass is 16.3. The molecule has 0 aromatic heterocycles. The predicted octanol–water partition coefficient (Wildman–Crippen LogP) is 3.26. The largest absolute Gasteiger partial charge is 0.508 e. The molecule has 134 valence electrons. The van der Waals surface area contributed by atoms with Gasteiger partial charge in [0.2, 0.25) is 5.91 Å². The third-order valence-corrected chi connectivity index (χ3v) is 7.25. The summed E-state index contributed by atoms with van der Waals surface area (Å²) in [5.41, 5.74) is 1.05. The number of phenolic OH excluding ortho intramolecular Hbond substituents is 1. The molecule has 5 fully saturated rings. The van der Waals surface area contributed by atoms with Crippen molar-refractivity contribution in [1.29, 1.82) is 0 Å². The predicted molar refractivity (Wildman–Crippen MR) is 97.5 cm³/mol. The van der Waals surface area contributed by atoms with Crippen molar-refractivity contribution in [3.8, 4) is 5.75 Å². The Morgan fingerprint density at radius 3 is 2.12 bits per heavy atom. The van der Waals surface area contributed by atoms with Crippen LogP contribution in [0.3, 0.4) is 0 Å². The minimum atomic E-state index is -0.0120. The molecule has 4 bridgehead atoms. The summed E-state index contributed by atoms with van der Waals surface area (Å²) in [6.07, 6.45) is 7.63. The Hall–Kier alpha value is -1.71. The highest BCUT2D eigenvalue weighted by Crippen LogP contribution is 2.60. The van der Waals surface area contributed by atoms with Gasteiger partial charge in [-0.3, -0.25) is 4.79 Å². The Morgan fingerprint density at radius 2 is 1.56 bits per heavy atom. The molecule has 1 N–H and O–H groups in total. The van der Waals surface area contributed by atoms with E-state index >= 15 is 0 Å². The van der Waals surface area contributed by atoms with Gasteiger partial charge in [-0.2, -0.15) is 0 Å². The van der Waals surface area contributed by atoms with Gasteiger partial charge in [0.25, 0.3) is 0 Å². The zero-order valence-corrected chi connectivity index (χ0v) is 14.9. The van der Waals surface area contributed by atoms with Gasteiger partial charge in [0.15, 0.2) is 0 Å². The second-order valence-electron chi connectivity index (χ2n) is 9.00. The summed E-state index contributed by atoms with van der Waals surface area (Å²) in [6, 6.07) is 7.45. The maximum atomic E-state index is 13.4. The molecule has 0 spiro atoms. The van der Waals surface area contributed by atoms with Crippen LogP contribution in [0.1, 0.15) is 38.5 Å². The molecule has 1 heterocycles. The maximum absolute atomic E-state index is 13.4. The fraction of sp³-hybridized carbons (Fsp3) is 0.667. The van der Waals surface area contributed by atoms with Gasteiger partial charge in [0, 0.05) is 37.9 Å². The summed E-state index contributed by atoms with van der Waals surface area (Å²) in [4.78, 5) is 17.8. The van der Waals surface area contributed by atoms with E-state index in [0.29, 0.717) is 11.7 Å². The number of aromatic hydroxyl groups is 1. The minimum Gasteiger partial charge on any atom is -0.508 e. The van der Waals surface area contributed by atoms with Crippen LogP contribution in [0.15, 0.2) is 24.3 Å². The van der Waals surface area contributed by atoms with Gasteiger partial charge in [0.05, 0.1) is 5.41 Å². The molecule has 0 unspecified atom stereocenters. The zero-order valence-electron chi connectivity index (χ0n) is 14.9. The quantitative estimate of drug-likeness (QED) is 0.899. The van der Waals surface area contributed by atoms with Crippen LogP contribution in [0, 0.1) is 23.2 Å². The van der Waals surface area contributed by atoms with Gasteiger partial charge in [-0.25, -0.2) is 0 Å². The van der Waals surface area contributed by atoms with E-state index in [2.05, 4.69) is 9.80 Å². The fourth-order valence-corrected chi connectivity index (χ4v) is 6.57. The number of anilines is 1. The topological polar surface area (TPSA) is 43.8 Å². The molecule has 1 saturated heterocycles. The molecule has 4 heteroatoms. The van der Waals surface area contributed by atoms with Crippen LogP contribution in [0.2, 0.25) is 0 Å². The number of hydrogen-bond acceptors (Lipinski definition) is 3. The first-order valence-electron chi connectivity index (χ1n) is 9.95. The van der Waals surface area contributed by atoms with Gasteiger partial charge < -0.3 is 14.9 Å². The van der Waals surface area contributed by atoms with E-state index < -0.39 is 0 Å². The number of piperazine rings is 1. The molecule has 0 radical (unpaired) electrons. The Morgan fingerprint density at radius 1 is 0.960 bits per heavy atom. The molecule has 4 saturated carbocycles. The first-order valence-corrected chi connectivity index (χ1v) is 9.95. The van der Waals surface area contributed by atoms with Crippen LogP contribution in [0.4, 0.5) is 5.69 Å². The van der Waals surface area contributed by atoms with Crippen LogP contribution in [0.25, 0.3) is 0 Å². The van der Waals surface area contributed by atoms with Crippen LogP contribution < -0.4 is 4.90 Å². The van der Waals surface area contributed by atoms with Crippen molar-refractivity contribution in [2.45, 2.75) is 38.5 Å². The lowest BCUT2D eigenvalue weighted by molar-refractivity contribution is -0.158. The number of amides is 1. The molecule has 25 heavy (non-hydrogen) atoms. The van der Waals surface area contributed by atoms with Gasteiger partial charge in [-0.1, -0.05) is 6.07 Å². The SMILES string of the molecule is O=C(N1CCN(c2cccc(O)c2)CC1)C12CC3CC(CC(C3)C1)C2. The summed E-state index contributed by atoms with van der Waals surface area (Å²) >= 11 is 0. The smallest absolute Gasteiger partial charge is 0.228 e. The zero-order chi connectivity index (χ0) is 17.0. The van der Waals surface area contributed by atoms with Crippen molar-refractivity contribution in [2.24, 2.45) is 23.2 Å². The standard InChI is InChI=1S/C21H28N2O2/c24-19-3-1-2-18(11-19)22-4-6-23(7-5-22)20(25)21-12-15-8-16(13-21)10-17(9-15)14-21/h1-3,11,15-17,24H,4-10,12-14H2. The van der Waals surface area contributed by atoms with E-state index in [1.807, 2.05) is 18.2 Å². The molecule has 0 atom stereocenters. The lowest BCUT2D eigenvalue weighted by Gasteiger charge is -2.57. The number of carbonyl (C=O) groups excluding carboxylic acids is 1. The summed E-state index contributed by atoms with van der Waals surface area (Å²) < 4.78 is 0. The van der Waals surface area contributed by atoms with Crippen LogP contribution >= 0.6 is 0 Å². The molecule has 4 nitrogen and oxygen atoms in total. The third-order valence-electron chi connectivity index (χ3n) is 7.25. The second kappa shape index (κ2) is 5.65. The van der Waals surface area contributed by atoms with E-state index in [-0.39, 0.29) is 5.41 Å². The number of carbonyl (C=O) groups is 1. The summed E-state index contributed by atoms with van der Waals surface area (Å²) in [5, 5.41) is 9.69. The van der Waals surface area contributed by atoms with Crippen molar-refractivity contribution < 1.29 is 9.90 Å². The first-order chi connectivity index (χ1) is 12.1. The third kappa shape index (κ3) is 2.61. The minimum absolute atomic E-state index is 0.0120. The lowest BCUT2D eigenvalue weighted by Crippen LogP contribution is -2.58. The van der Waals surface area contributed by atoms with Crippen molar-refractivity contribution in [3.63, 3.8) is 0 Å². The van der Waals surface area contributed by atoms with Crippen molar-refractivity contribution >= 4 is 11.6 Å². The average Bonchev–Trinajstić information content (AvgIpc) is 2.60. The fourth-order valence-electron chi connectivity index (χ4n) is 6.57. The van der Waals surface area contributed by atoms with Gasteiger partial charge in [0.1, 0.15) is 5.75 Å². The van der Waals surface area contributed by atoms with Crippen molar-refractivity contribution in [3.05, 3.63) is 24.3 Å². The van der Waals surface area contributed by atoms with Crippen LogP contribution in [0.5, 0.6) is 5.75 Å². The molecule has 1 amide bonds. The Labute approximate surface area is 149 Å². The number of rotatable bonds is 2. The van der Waals surface area contributed by atoms with E-state index in [9.17, 15) is 9.90 Å². The van der Waals surface area contributed by atoms with E-state index in [4.69, 9.17) is 0 Å². The molecule has 5 aliphatic rings. The summed E-state index contributed by atoms with van der Waals surface area (Å²) in [5.74, 6) is 3.24. The van der Waals surface area contributed by atoms with Gasteiger partial charge in [-0.15, -0.1) is 0 Å². The molecule has 1 aliphatic heterocycles. The van der Waals surface area contributed by atoms with E-state index in [0.717, 1.165) is 68.9 Å². The van der Waals surface area contributed by atoms with Gasteiger partial charge >= 0.3 is 0 Å². The van der Waals surface area contributed by atoms with E-state index in [1.165, 1.54) is 19.3 Å². The Kier molecular flexibility index (Phi) is 3.51. The molecular formula is C21H28N2O2.